The molecule has 1 rings (SSSR count). The number of hydrogen-bond donors (Lipinski definition) is 1. The van der Waals surface area contributed by atoms with Gasteiger partial charge in [-0.2, -0.15) is 0 Å². The first-order chi connectivity index (χ1) is 7.75. The molecule has 0 bridgehead atoms. The zero-order valence-corrected chi connectivity index (χ0v) is 9.81. The predicted molar refractivity (Wildman–Crippen MR) is 44.8 cm³/mol. The minimum absolute atomic E-state index is 0.209. The minimum Gasteiger partial charge on any atom is -0.493 e. The van der Waals surface area contributed by atoms with E-state index in [2.05, 4.69) is 5.73 Å². The molecule has 7 nitrogen and oxygen atoms in total. The lowest BCUT2D eigenvalue weighted by molar-refractivity contribution is -2.00. The summed E-state index contributed by atoms with van der Waals surface area (Å²) in [6.45, 7) is 2.44. The summed E-state index contributed by atoms with van der Waals surface area (Å²) in [6.07, 6.45) is 0. The number of carbonyl (C=O) groups excluding carboxylic acids is 1. The van der Waals surface area contributed by atoms with Gasteiger partial charge in [0.2, 0.25) is 0 Å². The second-order valence-corrected chi connectivity index (χ2v) is 3.49. The van der Waals surface area contributed by atoms with E-state index in [-0.39, 0.29) is 5.91 Å². The van der Waals surface area contributed by atoms with Crippen LogP contribution in [0.3, 0.4) is 0 Å². The summed E-state index contributed by atoms with van der Waals surface area (Å²) in [5.74, 6) is 0.402. The SMILES string of the molecule is CCOc1ccccc1C([NH3+])=O.[O-][Cl+3]([O-])([O-])[O-]. The number of benzene rings is 1. The van der Waals surface area contributed by atoms with Gasteiger partial charge < -0.3 is 4.74 Å². The molecule has 17 heavy (non-hydrogen) atoms. The molecule has 0 aliphatic rings. The maximum Gasteiger partial charge on any atom is 0.344 e. The van der Waals surface area contributed by atoms with Crippen LogP contribution >= 0.6 is 0 Å². The molecule has 1 aromatic carbocycles. The maximum absolute atomic E-state index is 10.9. The van der Waals surface area contributed by atoms with Crippen molar-refractivity contribution in [2.45, 2.75) is 6.92 Å². The van der Waals surface area contributed by atoms with Crippen molar-refractivity contribution in [2.75, 3.05) is 6.61 Å². The van der Waals surface area contributed by atoms with E-state index < -0.39 is 10.2 Å². The number of carbonyl (C=O) groups is 1. The van der Waals surface area contributed by atoms with Crippen LogP contribution in [-0.4, -0.2) is 12.5 Å². The van der Waals surface area contributed by atoms with E-state index in [9.17, 15) is 4.79 Å². The van der Waals surface area contributed by atoms with E-state index in [0.717, 1.165) is 0 Å². The molecule has 0 atom stereocenters. The molecule has 0 aliphatic carbocycles. The summed E-state index contributed by atoms with van der Waals surface area (Å²) >= 11 is 0. The number of amides is 1. The van der Waals surface area contributed by atoms with Crippen LogP contribution in [0.1, 0.15) is 17.3 Å². The topological polar surface area (TPSA) is 146 Å². The number of ether oxygens (including phenoxy) is 1. The van der Waals surface area contributed by atoms with Gasteiger partial charge in [0, 0.05) is 0 Å². The Kier molecular flexibility index (Phi) is 6.66. The van der Waals surface area contributed by atoms with Crippen molar-refractivity contribution < 1.29 is 44.1 Å². The van der Waals surface area contributed by atoms with Gasteiger partial charge in [-0.1, -0.05) is 12.1 Å². The molecule has 0 aromatic heterocycles. The highest BCUT2D eigenvalue weighted by molar-refractivity contribution is 5.89. The molecule has 8 heteroatoms. The highest BCUT2D eigenvalue weighted by Gasteiger charge is 2.09. The van der Waals surface area contributed by atoms with Crippen molar-refractivity contribution in [1.82, 2.24) is 0 Å². The molecule has 0 saturated heterocycles. The Bertz CT molecular complexity index is 359. The highest BCUT2D eigenvalue weighted by Crippen LogP contribution is 2.16. The summed E-state index contributed by atoms with van der Waals surface area (Å²) in [4.78, 5) is 10.9. The van der Waals surface area contributed by atoms with Crippen molar-refractivity contribution in [3.63, 3.8) is 0 Å². The molecule has 0 aliphatic heterocycles. The fourth-order valence-electron chi connectivity index (χ4n) is 0.978. The van der Waals surface area contributed by atoms with Crippen LogP contribution in [0.4, 0.5) is 0 Å². The average molecular weight is 266 g/mol. The van der Waals surface area contributed by atoms with Gasteiger partial charge in [0.1, 0.15) is 11.3 Å². The highest BCUT2D eigenvalue weighted by atomic mass is 35.7. The fraction of sp³-hybridized carbons (Fsp3) is 0.222. The number of halogens is 1. The third kappa shape index (κ3) is 8.57. The molecular formula is C9H12ClNO6. The van der Waals surface area contributed by atoms with Crippen molar-refractivity contribution in [3.05, 3.63) is 29.8 Å². The molecule has 0 fully saturated rings. The Morgan fingerprint density at radius 3 is 2.18 bits per heavy atom. The summed E-state index contributed by atoms with van der Waals surface area (Å²) in [5.41, 5.74) is 3.87. The van der Waals surface area contributed by atoms with Gasteiger partial charge in [-0.15, -0.1) is 10.2 Å². The summed E-state index contributed by atoms with van der Waals surface area (Å²) in [6, 6.07) is 7.10. The van der Waals surface area contributed by atoms with Crippen LogP contribution in [0.2, 0.25) is 0 Å². The number of hydrogen-bond acceptors (Lipinski definition) is 6. The quantitative estimate of drug-likeness (QED) is 0.585. The molecule has 0 heterocycles. The lowest BCUT2D eigenvalue weighted by Gasteiger charge is -2.17. The Balaban J connectivity index is 0.000000437. The standard InChI is InChI=1S/C9H11NO2.ClHO4/c1-2-12-8-6-4-3-5-7(8)9(10)11;2-1(3,4)5/h3-6H,2H2,1H3,(H2,10,11);(H,2,3,4,5). The van der Waals surface area contributed by atoms with E-state index in [1.165, 1.54) is 0 Å². The van der Waals surface area contributed by atoms with Gasteiger partial charge in [-0.05, 0) is 19.1 Å². The maximum atomic E-state index is 10.9. The second kappa shape index (κ2) is 7.17. The van der Waals surface area contributed by atoms with Crippen LogP contribution in [0, 0.1) is 10.2 Å². The minimum atomic E-state index is -4.94. The smallest absolute Gasteiger partial charge is 0.344 e. The van der Waals surface area contributed by atoms with Crippen LogP contribution < -0.4 is 29.1 Å². The fourth-order valence-corrected chi connectivity index (χ4v) is 0.978. The van der Waals surface area contributed by atoms with Gasteiger partial charge >= 0.3 is 5.91 Å². The Labute approximate surface area is 99.8 Å². The van der Waals surface area contributed by atoms with Gasteiger partial charge in [-0.3, -0.25) is 5.73 Å². The second-order valence-electron chi connectivity index (χ2n) is 2.73. The van der Waals surface area contributed by atoms with Crippen molar-refractivity contribution >= 4 is 5.91 Å². The molecule has 1 amide bonds. The van der Waals surface area contributed by atoms with E-state index >= 15 is 0 Å². The molecule has 0 spiro atoms. The van der Waals surface area contributed by atoms with Gasteiger partial charge in [0.25, 0.3) is 0 Å². The first-order valence-corrected chi connectivity index (χ1v) is 5.69. The van der Waals surface area contributed by atoms with E-state index in [1.54, 1.807) is 18.2 Å². The number of rotatable bonds is 3. The first kappa shape index (κ1) is 15.8. The van der Waals surface area contributed by atoms with Gasteiger partial charge in [-0.25, -0.2) is 23.4 Å². The molecule has 3 N–H and O–H groups in total. The largest absolute Gasteiger partial charge is 0.493 e. The Hall–Kier alpha value is -1.22. The number of quaternary nitrogens is 1. The lowest BCUT2D eigenvalue weighted by Crippen LogP contribution is -2.68. The first-order valence-electron chi connectivity index (χ1n) is 4.45. The zero-order chi connectivity index (χ0) is 13.5. The monoisotopic (exact) mass is 265 g/mol. The Morgan fingerprint density at radius 1 is 1.29 bits per heavy atom. The predicted octanol–water partition coefficient (Wildman–Crippen LogP) is -4.29. The molecule has 1 aromatic rings. The van der Waals surface area contributed by atoms with E-state index in [4.69, 9.17) is 23.4 Å². The summed E-state index contributed by atoms with van der Waals surface area (Å²) < 4.78 is 39.2. The van der Waals surface area contributed by atoms with E-state index in [0.29, 0.717) is 17.9 Å². The average Bonchev–Trinajstić information content (AvgIpc) is 2.16. The van der Waals surface area contributed by atoms with E-state index in [1.807, 2.05) is 13.0 Å². The van der Waals surface area contributed by atoms with Crippen LogP contribution in [-0.2, 0) is 0 Å². The number of para-hydroxylation sites is 1. The van der Waals surface area contributed by atoms with Crippen LogP contribution in [0.15, 0.2) is 24.3 Å². The molecular weight excluding hydrogens is 254 g/mol. The molecule has 0 unspecified atom stereocenters. The molecule has 96 valence electrons. The van der Waals surface area contributed by atoms with Gasteiger partial charge in [0.05, 0.1) is 6.61 Å². The Morgan fingerprint density at radius 2 is 1.76 bits per heavy atom. The van der Waals surface area contributed by atoms with Crippen LogP contribution in [0.25, 0.3) is 0 Å². The molecule has 0 radical (unpaired) electrons. The summed E-state index contributed by atoms with van der Waals surface area (Å²) in [5, 5.41) is 0. The van der Waals surface area contributed by atoms with Gasteiger partial charge in [0.15, 0.2) is 0 Å². The molecule has 0 saturated carbocycles. The normalized spacial score (nSPS) is 10.2. The summed E-state index contributed by atoms with van der Waals surface area (Å²) in [7, 11) is -4.94. The lowest BCUT2D eigenvalue weighted by atomic mass is 10.2. The van der Waals surface area contributed by atoms with Crippen molar-refractivity contribution in [1.29, 1.82) is 0 Å². The van der Waals surface area contributed by atoms with Crippen molar-refractivity contribution in [3.8, 4) is 5.75 Å². The van der Waals surface area contributed by atoms with Crippen molar-refractivity contribution in [2.24, 2.45) is 0 Å². The van der Waals surface area contributed by atoms with Crippen LogP contribution in [0.5, 0.6) is 5.75 Å². The third-order valence-electron chi connectivity index (χ3n) is 1.49. The zero-order valence-electron chi connectivity index (χ0n) is 9.05. The third-order valence-corrected chi connectivity index (χ3v) is 1.49.